The number of rotatable bonds is 4. The zero-order valence-electron chi connectivity index (χ0n) is 8.81. The summed E-state index contributed by atoms with van der Waals surface area (Å²) in [7, 11) is 1.68. The van der Waals surface area contributed by atoms with Crippen LogP contribution in [0.4, 0.5) is 0 Å². The summed E-state index contributed by atoms with van der Waals surface area (Å²) in [6.45, 7) is 1.87. The Hall–Kier alpha value is -1.90. The number of allylic oxidation sites excluding steroid dienone is 2. The molecule has 0 saturated carbocycles. The van der Waals surface area contributed by atoms with Crippen LogP contribution < -0.4 is 4.74 Å². The second-order valence-electron chi connectivity index (χ2n) is 2.87. The quantitative estimate of drug-likeness (QED) is 0.428. The van der Waals surface area contributed by atoms with Crippen molar-refractivity contribution in [1.82, 2.24) is 0 Å². The maximum Gasteiger partial charge on any atom is 0.150 e. The fourth-order valence-electron chi connectivity index (χ4n) is 1.04. The van der Waals surface area contributed by atoms with Gasteiger partial charge in [-0.2, -0.15) is 0 Å². The number of aliphatic imine (C=N–C) groups is 1. The van der Waals surface area contributed by atoms with Crippen LogP contribution >= 0.6 is 0 Å². The number of carbonyl (C=O) groups is 1. The summed E-state index contributed by atoms with van der Waals surface area (Å²) < 4.78 is 5.50. The van der Waals surface area contributed by atoms with Gasteiger partial charge < -0.3 is 4.74 Å². The normalized spacial score (nSPS) is 11.7. The Bertz CT molecular complexity index is 377. The lowest BCUT2D eigenvalue weighted by Crippen LogP contribution is -1.96. The van der Waals surface area contributed by atoms with Crippen molar-refractivity contribution in [2.75, 3.05) is 7.05 Å². The lowest BCUT2D eigenvalue weighted by Gasteiger charge is -2.04. The third-order valence-electron chi connectivity index (χ3n) is 1.79. The minimum atomic E-state index is 0.633. The second-order valence-corrected chi connectivity index (χ2v) is 2.87. The third kappa shape index (κ3) is 3.38. The molecule has 0 aromatic heterocycles. The molecule has 0 heterocycles. The highest BCUT2D eigenvalue weighted by Crippen LogP contribution is 2.13. The number of nitrogens with zero attached hydrogens (tertiary/aromatic N) is 1. The number of carbonyl (C=O) groups excluding carboxylic acids is 1. The number of aldehydes is 1. The molecule has 1 aromatic rings. The predicted molar refractivity (Wildman–Crippen MR) is 60.6 cm³/mol. The van der Waals surface area contributed by atoms with Gasteiger partial charge in [0.2, 0.25) is 0 Å². The van der Waals surface area contributed by atoms with Crippen LogP contribution in [-0.2, 0) is 0 Å². The molecule has 0 aliphatic carbocycles. The molecular formula is C12H13NO2. The molecule has 0 fully saturated rings. The molecule has 1 aromatic carbocycles. The van der Waals surface area contributed by atoms with E-state index in [4.69, 9.17) is 4.74 Å². The maximum absolute atomic E-state index is 10.4. The highest BCUT2D eigenvalue weighted by Gasteiger charge is 1.96. The summed E-state index contributed by atoms with van der Waals surface area (Å²) in [5.41, 5.74) is 0.633. The van der Waals surface area contributed by atoms with Crippen molar-refractivity contribution in [1.29, 1.82) is 0 Å². The van der Waals surface area contributed by atoms with Gasteiger partial charge in [0.05, 0.1) is 6.21 Å². The Balaban J connectivity index is 2.76. The first-order valence-corrected chi connectivity index (χ1v) is 4.61. The Morgan fingerprint density at radius 1 is 1.33 bits per heavy atom. The first-order valence-electron chi connectivity index (χ1n) is 4.61. The SMILES string of the molecule is C/C=C(\C=NC)Oc1ccc(C=O)cc1. The molecule has 1 rings (SSSR count). The van der Waals surface area contributed by atoms with Gasteiger partial charge in [0.1, 0.15) is 17.8 Å². The number of hydrogen-bond donors (Lipinski definition) is 0. The summed E-state index contributed by atoms with van der Waals surface area (Å²) >= 11 is 0. The van der Waals surface area contributed by atoms with Crippen LogP contribution in [0, 0.1) is 0 Å². The summed E-state index contributed by atoms with van der Waals surface area (Å²) in [5, 5.41) is 0. The van der Waals surface area contributed by atoms with Crippen molar-refractivity contribution in [3.8, 4) is 5.75 Å². The van der Waals surface area contributed by atoms with Crippen molar-refractivity contribution in [3.63, 3.8) is 0 Å². The van der Waals surface area contributed by atoms with Gasteiger partial charge in [-0.15, -0.1) is 0 Å². The van der Waals surface area contributed by atoms with Gasteiger partial charge in [0.15, 0.2) is 0 Å². The summed E-state index contributed by atoms with van der Waals surface area (Å²) in [6.07, 6.45) is 4.25. The van der Waals surface area contributed by atoms with Crippen molar-refractivity contribution in [2.45, 2.75) is 6.92 Å². The van der Waals surface area contributed by atoms with Gasteiger partial charge in [-0.05, 0) is 37.3 Å². The van der Waals surface area contributed by atoms with Gasteiger partial charge in [-0.3, -0.25) is 9.79 Å². The Morgan fingerprint density at radius 2 is 2.00 bits per heavy atom. The molecule has 3 heteroatoms. The van der Waals surface area contributed by atoms with E-state index < -0.39 is 0 Å². The summed E-state index contributed by atoms with van der Waals surface area (Å²) in [6, 6.07) is 6.91. The van der Waals surface area contributed by atoms with E-state index in [0.29, 0.717) is 17.1 Å². The highest BCUT2D eigenvalue weighted by molar-refractivity contribution is 5.77. The van der Waals surface area contributed by atoms with Gasteiger partial charge in [0.25, 0.3) is 0 Å². The first kappa shape index (κ1) is 11.2. The Kier molecular flexibility index (Phi) is 4.29. The largest absolute Gasteiger partial charge is 0.456 e. The molecular weight excluding hydrogens is 190 g/mol. The van der Waals surface area contributed by atoms with E-state index in [-0.39, 0.29) is 0 Å². The van der Waals surface area contributed by atoms with Crippen LogP contribution in [0.3, 0.4) is 0 Å². The van der Waals surface area contributed by atoms with E-state index in [9.17, 15) is 4.79 Å². The van der Waals surface area contributed by atoms with E-state index in [0.717, 1.165) is 6.29 Å². The highest BCUT2D eigenvalue weighted by atomic mass is 16.5. The molecule has 0 amide bonds. The van der Waals surface area contributed by atoms with E-state index in [1.807, 2.05) is 13.0 Å². The van der Waals surface area contributed by atoms with Gasteiger partial charge in [-0.1, -0.05) is 0 Å². The van der Waals surface area contributed by atoms with Gasteiger partial charge in [0, 0.05) is 12.6 Å². The average molecular weight is 203 g/mol. The molecule has 0 unspecified atom stereocenters. The fraction of sp³-hybridized carbons (Fsp3) is 0.167. The monoisotopic (exact) mass is 203 g/mol. The van der Waals surface area contributed by atoms with Crippen LogP contribution in [0.15, 0.2) is 41.1 Å². The third-order valence-corrected chi connectivity index (χ3v) is 1.79. The number of hydrogen-bond acceptors (Lipinski definition) is 3. The molecule has 0 bridgehead atoms. The van der Waals surface area contributed by atoms with E-state index in [1.165, 1.54) is 0 Å². The molecule has 78 valence electrons. The topological polar surface area (TPSA) is 38.7 Å². The molecule has 0 spiro atoms. The number of ether oxygens (including phenoxy) is 1. The smallest absolute Gasteiger partial charge is 0.150 e. The van der Waals surface area contributed by atoms with Gasteiger partial charge in [-0.25, -0.2) is 0 Å². The lowest BCUT2D eigenvalue weighted by molar-refractivity contribution is 0.112. The lowest BCUT2D eigenvalue weighted by atomic mass is 10.2. The molecule has 0 saturated heterocycles. The minimum Gasteiger partial charge on any atom is -0.456 e. The van der Waals surface area contributed by atoms with Crippen LogP contribution in [0.5, 0.6) is 5.75 Å². The van der Waals surface area contributed by atoms with Crippen molar-refractivity contribution in [2.24, 2.45) is 4.99 Å². The van der Waals surface area contributed by atoms with E-state index >= 15 is 0 Å². The number of benzene rings is 1. The molecule has 3 nitrogen and oxygen atoms in total. The summed E-state index contributed by atoms with van der Waals surface area (Å²) in [4.78, 5) is 14.3. The Labute approximate surface area is 89.1 Å². The molecule has 0 atom stereocenters. The van der Waals surface area contributed by atoms with E-state index in [2.05, 4.69) is 4.99 Å². The van der Waals surface area contributed by atoms with Crippen molar-refractivity contribution >= 4 is 12.5 Å². The van der Waals surface area contributed by atoms with Crippen molar-refractivity contribution in [3.05, 3.63) is 41.7 Å². The fourth-order valence-corrected chi connectivity index (χ4v) is 1.04. The van der Waals surface area contributed by atoms with Crippen LogP contribution in [0.25, 0.3) is 0 Å². The zero-order chi connectivity index (χ0) is 11.1. The Morgan fingerprint density at radius 3 is 2.47 bits per heavy atom. The molecule has 0 N–H and O–H groups in total. The molecule has 0 aliphatic rings. The van der Waals surface area contributed by atoms with Crippen LogP contribution in [0.2, 0.25) is 0 Å². The van der Waals surface area contributed by atoms with E-state index in [1.54, 1.807) is 37.5 Å². The maximum atomic E-state index is 10.4. The predicted octanol–water partition coefficient (Wildman–Crippen LogP) is 2.48. The molecule has 0 radical (unpaired) electrons. The standard InChI is InChI=1S/C12H13NO2/c1-3-11(8-13-2)15-12-6-4-10(9-14)5-7-12/h3-9H,1-2H3/b11-3+,13-8?. The molecule has 15 heavy (non-hydrogen) atoms. The molecule has 0 aliphatic heterocycles. The van der Waals surface area contributed by atoms with Crippen LogP contribution in [-0.4, -0.2) is 19.5 Å². The summed E-state index contributed by atoms with van der Waals surface area (Å²) in [5.74, 6) is 1.37. The average Bonchev–Trinajstić information content (AvgIpc) is 2.29. The van der Waals surface area contributed by atoms with Crippen LogP contribution in [0.1, 0.15) is 17.3 Å². The zero-order valence-corrected chi connectivity index (χ0v) is 8.81. The second kappa shape index (κ2) is 5.75. The van der Waals surface area contributed by atoms with Gasteiger partial charge >= 0.3 is 0 Å². The van der Waals surface area contributed by atoms with Crippen molar-refractivity contribution < 1.29 is 9.53 Å². The first-order chi connectivity index (χ1) is 7.30. The minimum absolute atomic E-state index is 0.633.